The Hall–Kier alpha value is -1.60. The molecule has 5 heteroatoms. The van der Waals surface area contributed by atoms with E-state index in [1.54, 1.807) is 23.4 Å². The van der Waals surface area contributed by atoms with Gasteiger partial charge in [-0.05, 0) is 17.7 Å². The lowest BCUT2D eigenvalue weighted by Crippen LogP contribution is -2.06. The van der Waals surface area contributed by atoms with Gasteiger partial charge >= 0.3 is 0 Å². The fraction of sp³-hybridized carbons (Fsp3) is 0.222. The van der Waals surface area contributed by atoms with Crippen molar-refractivity contribution in [1.29, 1.82) is 0 Å². The summed E-state index contributed by atoms with van der Waals surface area (Å²) in [7, 11) is 3.70. The molecule has 0 amide bonds. The molecule has 1 heterocycles. The molecule has 1 aromatic rings. The van der Waals surface area contributed by atoms with Crippen LogP contribution in [0.1, 0.15) is 0 Å². The summed E-state index contributed by atoms with van der Waals surface area (Å²) in [5, 5.41) is 0.305. The molecule has 0 aliphatic rings. The molecule has 0 aliphatic carbocycles. The molecule has 14 heavy (non-hydrogen) atoms. The van der Waals surface area contributed by atoms with E-state index in [0.717, 1.165) is 0 Å². The van der Waals surface area contributed by atoms with E-state index in [0.29, 0.717) is 10.8 Å². The van der Waals surface area contributed by atoms with E-state index in [-0.39, 0.29) is 5.82 Å². The topological polar surface area (TPSA) is 32.9 Å². The van der Waals surface area contributed by atoms with Gasteiger partial charge in [-0.2, -0.15) is 0 Å². The Morgan fingerprint density at radius 1 is 1.57 bits per heavy atom. The van der Waals surface area contributed by atoms with Crippen LogP contribution in [0.4, 0.5) is 11.5 Å². The van der Waals surface area contributed by atoms with Crippen LogP contribution in [-0.2, 0) is 0 Å². The van der Waals surface area contributed by atoms with Crippen LogP contribution in [0.5, 0.6) is 0 Å². The number of aliphatic imine (C=N–C) groups is 1. The van der Waals surface area contributed by atoms with Crippen molar-refractivity contribution in [2.24, 2.45) is 4.99 Å². The Morgan fingerprint density at radius 3 is 2.86 bits per heavy atom. The first-order chi connectivity index (χ1) is 6.63. The van der Waals surface area contributed by atoms with Crippen molar-refractivity contribution in [2.75, 3.05) is 14.1 Å². The van der Waals surface area contributed by atoms with Gasteiger partial charge < -0.3 is 9.74 Å². The van der Waals surface area contributed by atoms with Crippen molar-refractivity contribution in [2.45, 2.75) is 0 Å². The molecule has 0 fully saturated rings. The number of hydrogen-bond donors (Lipinski definition) is 0. The first-order valence-corrected chi connectivity index (χ1v) is 4.26. The molecule has 72 valence electrons. The lowest BCUT2D eigenvalue weighted by Gasteiger charge is -2.02. The summed E-state index contributed by atoms with van der Waals surface area (Å²) in [6.45, 7) is 6.88. The molecule has 1 aromatic heterocycles. The molecule has 0 unspecified atom stereocenters. The number of halogens is 1. The standard InChI is InChI=1S/C9H9ClN4/c1-11-9-7(12-6-14(2)3)4-5-8(10)13-9/h4-6H,2-3H3. The van der Waals surface area contributed by atoms with Crippen LogP contribution < -0.4 is 0 Å². The second kappa shape index (κ2) is 4.58. The summed E-state index contributed by atoms with van der Waals surface area (Å²) in [5.41, 5.74) is 0.526. The third-order valence-electron chi connectivity index (χ3n) is 1.35. The molecule has 0 aliphatic heterocycles. The minimum Gasteiger partial charge on any atom is -0.369 e. The summed E-state index contributed by atoms with van der Waals surface area (Å²) in [6, 6.07) is 3.28. The van der Waals surface area contributed by atoms with E-state index in [9.17, 15) is 0 Å². The Balaban J connectivity index is 3.04. The van der Waals surface area contributed by atoms with Crippen LogP contribution in [0.15, 0.2) is 17.1 Å². The Bertz CT molecular complexity index is 392. The molecule has 0 spiro atoms. The molecule has 0 N–H and O–H groups in total. The highest BCUT2D eigenvalue weighted by atomic mass is 35.5. The first kappa shape index (κ1) is 10.5. The second-order valence-electron chi connectivity index (χ2n) is 2.80. The van der Waals surface area contributed by atoms with Crippen molar-refractivity contribution in [1.82, 2.24) is 9.88 Å². The summed E-state index contributed by atoms with van der Waals surface area (Å²) < 4.78 is 0. The third kappa shape index (κ3) is 2.71. The minimum absolute atomic E-state index is 0.218. The molecule has 0 saturated heterocycles. The maximum atomic E-state index is 6.88. The summed E-state index contributed by atoms with van der Waals surface area (Å²) in [5.74, 6) is 0.218. The van der Waals surface area contributed by atoms with Gasteiger partial charge in [0.1, 0.15) is 0 Å². The van der Waals surface area contributed by atoms with Gasteiger partial charge in [-0.25, -0.2) is 4.99 Å². The van der Waals surface area contributed by atoms with Crippen molar-refractivity contribution in [3.05, 3.63) is 28.7 Å². The third-order valence-corrected chi connectivity index (χ3v) is 1.56. The van der Waals surface area contributed by atoms with Crippen molar-refractivity contribution < 1.29 is 0 Å². The fourth-order valence-electron chi connectivity index (χ4n) is 0.779. The molecule has 4 nitrogen and oxygen atoms in total. The summed E-state index contributed by atoms with van der Waals surface area (Å²) >= 11 is 5.64. The number of aromatic nitrogens is 1. The van der Waals surface area contributed by atoms with E-state index in [1.165, 1.54) is 0 Å². The van der Waals surface area contributed by atoms with E-state index in [2.05, 4.69) is 14.8 Å². The van der Waals surface area contributed by atoms with Gasteiger partial charge in [-0.3, -0.25) is 0 Å². The molecule has 0 atom stereocenters. The Kier molecular flexibility index (Phi) is 3.43. The Labute approximate surface area is 87.7 Å². The highest BCUT2D eigenvalue weighted by Crippen LogP contribution is 2.26. The predicted octanol–water partition coefficient (Wildman–Crippen LogP) is 2.51. The molecule has 0 aromatic carbocycles. The highest BCUT2D eigenvalue weighted by Gasteiger charge is 2.04. The van der Waals surface area contributed by atoms with E-state index >= 15 is 0 Å². The molecular weight excluding hydrogens is 200 g/mol. The SMILES string of the molecule is [C-]#[N+]c1nc(Cl)ccc1N=CN(C)C. The van der Waals surface area contributed by atoms with E-state index in [1.807, 2.05) is 14.1 Å². The molecular formula is C9H9ClN4. The Morgan fingerprint density at radius 2 is 2.29 bits per heavy atom. The van der Waals surface area contributed by atoms with Gasteiger partial charge in [0.05, 0.1) is 12.0 Å². The zero-order valence-electron chi connectivity index (χ0n) is 7.90. The first-order valence-electron chi connectivity index (χ1n) is 3.88. The van der Waals surface area contributed by atoms with Gasteiger partial charge in [-0.1, -0.05) is 6.57 Å². The maximum absolute atomic E-state index is 6.88. The zero-order chi connectivity index (χ0) is 10.6. The smallest absolute Gasteiger partial charge is 0.296 e. The van der Waals surface area contributed by atoms with Crippen molar-refractivity contribution >= 4 is 29.4 Å². The highest BCUT2D eigenvalue weighted by molar-refractivity contribution is 6.29. The van der Waals surface area contributed by atoms with Gasteiger partial charge in [0.2, 0.25) is 5.15 Å². The average Bonchev–Trinajstić information content (AvgIpc) is 2.15. The largest absolute Gasteiger partial charge is 0.369 e. The van der Waals surface area contributed by atoms with Crippen molar-refractivity contribution in [3.63, 3.8) is 0 Å². The normalized spacial score (nSPS) is 10.1. The van der Waals surface area contributed by atoms with Gasteiger partial charge in [0, 0.05) is 20.2 Å². The molecule has 0 bridgehead atoms. The van der Waals surface area contributed by atoms with Crippen LogP contribution in [0, 0.1) is 6.57 Å². The lowest BCUT2D eigenvalue weighted by molar-refractivity contribution is 0.643. The quantitative estimate of drug-likeness (QED) is 0.324. The number of nitrogens with zero attached hydrogens (tertiary/aromatic N) is 4. The van der Waals surface area contributed by atoms with Crippen molar-refractivity contribution in [3.8, 4) is 0 Å². The van der Waals surface area contributed by atoms with Crippen LogP contribution in [0.2, 0.25) is 5.15 Å². The van der Waals surface area contributed by atoms with Gasteiger partial charge in [0.15, 0.2) is 0 Å². The zero-order valence-corrected chi connectivity index (χ0v) is 8.65. The fourth-order valence-corrected chi connectivity index (χ4v) is 0.922. The van der Waals surface area contributed by atoms with E-state index in [4.69, 9.17) is 18.2 Å². The van der Waals surface area contributed by atoms with Crippen LogP contribution in [0.3, 0.4) is 0 Å². The second-order valence-corrected chi connectivity index (χ2v) is 3.18. The summed E-state index contributed by atoms with van der Waals surface area (Å²) in [6.07, 6.45) is 1.61. The van der Waals surface area contributed by atoms with Gasteiger partial charge in [-0.15, -0.1) is 4.98 Å². The van der Waals surface area contributed by atoms with Crippen LogP contribution >= 0.6 is 11.6 Å². The number of hydrogen-bond acceptors (Lipinski definition) is 2. The number of pyridine rings is 1. The predicted molar refractivity (Wildman–Crippen MR) is 57.3 cm³/mol. The minimum atomic E-state index is 0.218. The van der Waals surface area contributed by atoms with Gasteiger partial charge in [0.25, 0.3) is 5.82 Å². The van der Waals surface area contributed by atoms with E-state index < -0.39 is 0 Å². The lowest BCUT2D eigenvalue weighted by atomic mass is 10.4. The summed E-state index contributed by atoms with van der Waals surface area (Å²) in [4.78, 5) is 12.9. The number of rotatable bonds is 2. The molecule has 0 radical (unpaired) electrons. The molecule has 0 saturated carbocycles. The van der Waals surface area contributed by atoms with Crippen LogP contribution in [0.25, 0.3) is 4.85 Å². The monoisotopic (exact) mass is 208 g/mol. The molecule has 1 rings (SSSR count). The van der Waals surface area contributed by atoms with Crippen LogP contribution in [-0.4, -0.2) is 30.3 Å². The average molecular weight is 209 g/mol. The maximum Gasteiger partial charge on any atom is 0.296 e.